The summed E-state index contributed by atoms with van der Waals surface area (Å²) >= 11 is 5.94. The van der Waals surface area contributed by atoms with Crippen molar-refractivity contribution in [3.05, 3.63) is 45.3 Å². The van der Waals surface area contributed by atoms with E-state index in [2.05, 4.69) is 20.3 Å². The molecule has 0 radical (unpaired) electrons. The van der Waals surface area contributed by atoms with Crippen LogP contribution in [0.25, 0.3) is 16.6 Å². The van der Waals surface area contributed by atoms with Gasteiger partial charge < -0.3 is 10.2 Å². The Kier molecular flexibility index (Phi) is 4.55. The molecule has 3 rings (SSSR count). The number of fused-ring (bicyclic) bond motifs is 2. The molecule has 0 bridgehead atoms. The molecule has 0 saturated carbocycles. The SMILES string of the molecule is CN(C)CCCNC(=O)c1cc2nc3ccc(Cl)cc3c(=O)n2[nH]1. The van der Waals surface area contributed by atoms with Crippen LogP contribution in [0.2, 0.25) is 5.02 Å². The molecule has 0 atom stereocenters. The van der Waals surface area contributed by atoms with E-state index in [1.807, 2.05) is 14.1 Å². The predicted molar refractivity (Wildman–Crippen MR) is 93.8 cm³/mol. The zero-order valence-corrected chi connectivity index (χ0v) is 14.2. The lowest BCUT2D eigenvalue weighted by Gasteiger charge is -2.09. The number of aromatic amines is 1. The van der Waals surface area contributed by atoms with Gasteiger partial charge in [0.2, 0.25) is 0 Å². The van der Waals surface area contributed by atoms with Crippen LogP contribution < -0.4 is 10.9 Å². The molecular weight excluding hydrogens is 330 g/mol. The molecule has 0 aliphatic heterocycles. The third kappa shape index (κ3) is 3.27. The summed E-state index contributed by atoms with van der Waals surface area (Å²) < 4.78 is 1.26. The number of aromatic nitrogens is 3. The van der Waals surface area contributed by atoms with Gasteiger partial charge in [-0.05, 0) is 45.3 Å². The largest absolute Gasteiger partial charge is 0.351 e. The fraction of sp³-hybridized carbons (Fsp3) is 0.312. The number of carbonyl (C=O) groups excluding carboxylic acids is 1. The van der Waals surface area contributed by atoms with E-state index in [-0.39, 0.29) is 11.5 Å². The van der Waals surface area contributed by atoms with Crippen LogP contribution in [0.5, 0.6) is 0 Å². The molecule has 0 aliphatic rings. The Balaban J connectivity index is 1.88. The van der Waals surface area contributed by atoms with Crippen LogP contribution in [-0.4, -0.2) is 52.6 Å². The van der Waals surface area contributed by atoms with Gasteiger partial charge in [0.15, 0.2) is 5.65 Å². The average molecular weight is 348 g/mol. The van der Waals surface area contributed by atoms with Crippen molar-refractivity contribution in [3.8, 4) is 0 Å². The minimum Gasteiger partial charge on any atom is -0.351 e. The van der Waals surface area contributed by atoms with Crippen molar-refractivity contribution in [1.29, 1.82) is 0 Å². The molecular formula is C16H18ClN5O2. The van der Waals surface area contributed by atoms with Crippen LogP contribution in [0, 0.1) is 0 Å². The fourth-order valence-electron chi connectivity index (χ4n) is 2.47. The van der Waals surface area contributed by atoms with Crippen molar-refractivity contribution < 1.29 is 4.79 Å². The number of H-pyrrole nitrogens is 1. The second-order valence-corrected chi connectivity index (χ2v) is 6.29. The molecule has 2 N–H and O–H groups in total. The second-order valence-electron chi connectivity index (χ2n) is 5.85. The first-order chi connectivity index (χ1) is 11.5. The summed E-state index contributed by atoms with van der Waals surface area (Å²) in [5.74, 6) is -0.263. The van der Waals surface area contributed by atoms with Gasteiger partial charge in [0.05, 0.1) is 10.9 Å². The Morgan fingerprint density at radius 1 is 1.38 bits per heavy atom. The van der Waals surface area contributed by atoms with Gasteiger partial charge in [-0.3, -0.25) is 14.7 Å². The topological polar surface area (TPSA) is 82.5 Å². The van der Waals surface area contributed by atoms with E-state index in [0.29, 0.717) is 33.8 Å². The Labute approximate surface area is 143 Å². The van der Waals surface area contributed by atoms with E-state index in [9.17, 15) is 9.59 Å². The van der Waals surface area contributed by atoms with Gasteiger partial charge >= 0.3 is 0 Å². The lowest BCUT2D eigenvalue weighted by molar-refractivity contribution is 0.0947. The third-order valence-electron chi connectivity index (χ3n) is 3.67. The molecule has 1 amide bonds. The lowest BCUT2D eigenvalue weighted by Crippen LogP contribution is -2.27. The zero-order chi connectivity index (χ0) is 17.3. The summed E-state index contributed by atoms with van der Waals surface area (Å²) in [6.45, 7) is 1.45. The van der Waals surface area contributed by atoms with Gasteiger partial charge in [0, 0.05) is 17.6 Å². The van der Waals surface area contributed by atoms with E-state index in [1.165, 1.54) is 4.52 Å². The maximum absolute atomic E-state index is 12.5. The molecule has 8 heteroatoms. The van der Waals surface area contributed by atoms with Gasteiger partial charge in [-0.15, -0.1) is 0 Å². The highest BCUT2D eigenvalue weighted by Crippen LogP contribution is 2.15. The molecule has 126 valence electrons. The van der Waals surface area contributed by atoms with Crippen LogP contribution in [0.3, 0.4) is 0 Å². The molecule has 0 saturated heterocycles. The number of halogens is 1. The highest BCUT2D eigenvalue weighted by molar-refractivity contribution is 6.31. The number of carbonyl (C=O) groups is 1. The highest BCUT2D eigenvalue weighted by Gasteiger charge is 2.13. The zero-order valence-electron chi connectivity index (χ0n) is 13.5. The van der Waals surface area contributed by atoms with Gasteiger partial charge in [-0.2, -0.15) is 0 Å². The number of hydrogen-bond acceptors (Lipinski definition) is 4. The molecule has 2 heterocycles. The smallest absolute Gasteiger partial charge is 0.280 e. The summed E-state index contributed by atoms with van der Waals surface area (Å²) in [5.41, 5.74) is 0.949. The summed E-state index contributed by atoms with van der Waals surface area (Å²) in [6, 6.07) is 6.50. The molecule has 7 nitrogen and oxygen atoms in total. The van der Waals surface area contributed by atoms with Crippen LogP contribution >= 0.6 is 11.6 Å². The normalized spacial score (nSPS) is 11.5. The second kappa shape index (κ2) is 6.62. The molecule has 0 unspecified atom stereocenters. The molecule has 2 aromatic heterocycles. The van der Waals surface area contributed by atoms with Crippen LogP contribution in [0.1, 0.15) is 16.9 Å². The summed E-state index contributed by atoms with van der Waals surface area (Å²) in [6.07, 6.45) is 0.847. The van der Waals surface area contributed by atoms with E-state index in [0.717, 1.165) is 13.0 Å². The number of hydrogen-bond donors (Lipinski definition) is 2. The molecule has 0 fully saturated rings. The van der Waals surface area contributed by atoms with Gasteiger partial charge in [0.1, 0.15) is 5.69 Å². The molecule has 1 aromatic carbocycles. The molecule has 0 aliphatic carbocycles. The average Bonchev–Trinajstić information content (AvgIpc) is 2.96. The predicted octanol–water partition coefficient (Wildman–Crippen LogP) is 1.51. The number of nitrogens with one attached hydrogen (secondary N) is 2. The first-order valence-corrected chi connectivity index (χ1v) is 7.97. The fourth-order valence-corrected chi connectivity index (χ4v) is 2.64. The van der Waals surface area contributed by atoms with Crippen molar-refractivity contribution in [2.24, 2.45) is 0 Å². The van der Waals surface area contributed by atoms with Crippen LogP contribution in [-0.2, 0) is 0 Å². The number of nitrogens with zero attached hydrogens (tertiary/aromatic N) is 3. The minimum absolute atomic E-state index is 0.263. The van der Waals surface area contributed by atoms with Gasteiger partial charge in [-0.1, -0.05) is 11.6 Å². The minimum atomic E-state index is -0.288. The summed E-state index contributed by atoms with van der Waals surface area (Å²) in [7, 11) is 3.96. The number of amides is 1. The Bertz CT molecular complexity index is 960. The van der Waals surface area contributed by atoms with Crippen LogP contribution in [0.4, 0.5) is 0 Å². The van der Waals surface area contributed by atoms with Crippen molar-refractivity contribution in [2.45, 2.75) is 6.42 Å². The van der Waals surface area contributed by atoms with Crippen molar-refractivity contribution in [3.63, 3.8) is 0 Å². The standard InChI is InChI=1S/C16H18ClN5O2/c1-21(2)7-3-6-18-15(23)13-9-14-19-12-5-4-10(17)8-11(12)16(24)22(14)20-13/h4-5,8-9,20H,3,6-7H2,1-2H3,(H,18,23). The first kappa shape index (κ1) is 16.5. The Morgan fingerprint density at radius 2 is 2.17 bits per heavy atom. The summed E-state index contributed by atoms with van der Waals surface area (Å²) in [4.78, 5) is 31.1. The quantitative estimate of drug-likeness (QED) is 0.685. The van der Waals surface area contributed by atoms with E-state index in [4.69, 9.17) is 11.6 Å². The molecule has 3 aromatic rings. The number of rotatable bonds is 5. The molecule has 24 heavy (non-hydrogen) atoms. The van der Waals surface area contributed by atoms with Crippen LogP contribution in [0.15, 0.2) is 29.1 Å². The van der Waals surface area contributed by atoms with Crippen molar-refractivity contribution in [2.75, 3.05) is 27.2 Å². The van der Waals surface area contributed by atoms with Gasteiger partial charge in [0.25, 0.3) is 11.5 Å². The Hall–Kier alpha value is -2.38. The Morgan fingerprint density at radius 3 is 2.92 bits per heavy atom. The summed E-state index contributed by atoms with van der Waals surface area (Å²) in [5, 5.41) is 6.49. The third-order valence-corrected chi connectivity index (χ3v) is 3.91. The van der Waals surface area contributed by atoms with Gasteiger partial charge in [-0.25, -0.2) is 9.50 Å². The lowest BCUT2D eigenvalue weighted by atomic mass is 10.2. The van der Waals surface area contributed by atoms with Crippen molar-refractivity contribution >= 4 is 34.1 Å². The highest BCUT2D eigenvalue weighted by atomic mass is 35.5. The maximum Gasteiger partial charge on any atom is 0.280 e. The maximum atomic E-state index is 12.5. The molecule has 0 spiro atoms. The van der Waals surface area contributed by atoms with E-state index < -0.39 is 0 Å². The monoisotopic (exact) mass is 347 g/mol. The van der Waals surface area contributed by atoms with Crippen molar-refractivity contribution in [1.82, 2.24) is 24.8 Å². The van der Waals surface area contributed by atoms with E-state index >= 15 is 0 Å². The first-order valence-electron chi connectivity index (χ1n) is 7.59. The van der Waals surface area contributed by atoms with E-state index in [1.54, 1.807) is 24.3 Å². The number of benzene rings is 1.